The van der Waals surface area contributed by atoms with Crippen LogP contribution in [0, 0.1) is 17.8 Å². The van der Waals surface area contributed by atoms with Crippen molar-refractivity contribution in [1.29, 1.82) is 0 Å². The summed E-state index contributed by atoms with van der Waals surface area (Å²) < 4.78 is 6.44. The fourth-order valence-electron chi connectivity index (χ4n) is 6.21. The van der Waals surface area contributed by atoms with Crippen LogP contribution in [0.5, 0.6) is 0 Å². The van der Waals surface area contributed by atoms with Crippen LogP contribution >= 0.6 is 0 Å². The standard InChI is InChI=1S/C20H28N4O2/c1-18(2)20(24-16(25)15-13-4-5-14(15)7-6-13)10-19(11-20,26-18)12-23-17-21-8-3-9-22-17/h3,8-9,13-15H,4-7,10-12H2,1-2H3,(H,24,25)(H,21,22,23). The van der Waals surface area contributed by atoms with E-state index in [0.717, 1.165) is 12.8 Å². The van der Waals surface area contributed by atoms with Crippen LogP contribution in [0.1, 0.15) is 52.4 Å². The Balaban J connectivity index is 1.26. The van der Waals surface area contributed by atoms with Crippen LogP contribution in [0.3, 0.4) is 0 Å². The van der Waals surface area contributed by atoms with E-state index in [4.69, 9.17) is 4.74 Å². The van der Waals surface area contributed by atoms with Crippen LogP contribution in [0.2, 0.25) is 0 Å². The second kappa shape index (κ2) is 5.41. The topological polar surface area (TPSA) is 76.1 Å². The van der Waals surface area contributed by atoms with Crippen molar-refractivity contribution in [2.45, 2.75) is 69.1 Å². The number of nitrogens with one attached hydrogen (secondary N) is 2. The average molecular weight is 356 g/mol. The number of anilines is 1. The Kier molecular flexibility index (Phi) is 3.43. The molecule has 0 unspecified atom stereocenters. The Morgan fingerprint density at radius 2 is 1.77 bits per heavy atom. The lowest BCUT2D eigenvalue weighted by molar-refractivity contribution is -0.130. The summed E-state index contributed by atoms with van der Waals surface area (Å²) in [4.78, 5) is 21.5. The molecule has 1 aromatic heterocycles. The summed E-state index contributed by atoms with van der Waals surface area (Å²) in [6.07, 6.45) is 10.1. The van der Waals surface area contributed by atoms with Gasteiger partial charge in [-0.15, -0.1) is 0 Å². The first-order valence-corrected chi connectivity index (χ1v) is 9.95. The first-order chi connectivity index (χ1) is 12.4. The van der Waals surface area contributed by atoms with Gasteiger partial charge in [0, 0.05) is 37.7 Å². The van der Waals surface area contributed by atoms with E-state index in [1.807, 2.05) is 0 Å². The number of rotatable bonds is 5. The minimum Gasteiger partial charge on any atom is -0.365 e. The van der Waals surface area contributed by atoms with Crippen LogP contribution < -0.4 is 10.6 Å². The SMILES string of the molecule is CC1(C)OC2(CNc3ncccn3)CC1(NC(=O)C1C3CCC1CC3)C2. The molecule has 4 bridgehead atoms. The van der Waals surface area contributed by atoms with Gasteiger partial charge in [-0.25, -0.2) is 9.97 Å². The highest BCUT2D eigenvalue weighted by Crippen LogP contribution is 2.61. The summed E-state index contributed by atoms with van der Waals surface area (Å²) >= 11 is 0. The van der Waals surface area contributed by atoms with Gasteiger partial charge in [-0.3, -0.25) is 4.79 Å². The average Bonchev–Trinajstić information content (AvgIpc) is 3.28. The highest BCUT2D eigenvalue weighted by atomic mass is 16.5. The van der Waals surface area contributed by atoms with Crippen molar-refractivity contribution in [2.75, 3.05) is 11.9 Å². The first-order valence-electron chi connectivity index (χ1n) is 9.95. The van der Waals surface area contributed by atoms with Crippen LogP contribution in [0.25, 0.3) is 0 Å². The maximum atomic E-state index is 13.1. The van der Waals surface area contributed by atoms with Gasteiger partial charge in [0.1, 0.15) is 0 Å². The molecule has 2 saturated heterocycles. The van der Waals surface area contributed by atoms with Gasteiger partial charge in [-0.05, 0) is 57.4 Å². The Morgan fingerprint density at radius 3 is 2.38 bits per heavy atom. The number of fused-ring (bicyclic) bond motifs is 3. The predicted octanol–water partition coefficient (Wildman–Crippen LogP) is 2.52. The Bertz CT molecular complexity index is 694. The number of hydrogen-bond donors (Lipinski definition) is 2. The molecule has 6 rings (SSSR count). The van der Waals surface area contributed by atoms with Crippen LogP contribution in [-0.2, 0) is 9.53 Å². The van der Waals surface area contributed by atoms with Gasteiger partial charge in [-0.2, -0.15) is 0 Å². The first kappa shape index (κ1) is 16.5. The second-order valence-corrected chi connectivity index (χ2v) is 9.35. The Hall–Kier alpha value is -1.69. The van der Waals surface area contributed by atoms with Gasteiger partial charge in [0.2, 0.25) is 11.9 Å². The van der Waals surface area contributed by atoms with Gasteiger partial charge in [-0.1, -0.05) is 0 Å². The zero-order valence-electron chi connectivity index (χ0n) is 15.6. The van der Waals surface area contributed by atoms with Gasteiger partial charge < -0.3 is 15.4 Å². The van der Waals surface area contributed by atoms with E-state index in [1.54, 1.807) is 18.5 Å². The third-order valence-electron chi connectivity index (χ3n) is 7.50. The third-order valence-corrected chi connectivity index (χ3v) is 7.50. The maximum absolute atomic E-state index is 13.1. The highest BCUT2D eigenvalue weighted by Gasteiger charge is 2.72. The van der Waals surface area contributed by atoms with Crippen molar-refractivity contribution in [1.82, 2.24) is 15.3 Å². The van der Waals surface area contributed by atoms with Crippen molar-refractivity contribution in [2.24, 2.45) is 17.8 Å². The Morgan fingerprint density at radius 1 is 1.15 bits per heavy atom. The molecule has 140 valence electrons. The molecular formula is C20H28N4O2. The molecule has 1 amide bonds. The van der Waals surface area contributed by atoms with E-state index in [9.17, 15) is 4.79 Å². The minimum absolute atomic E-state index is 0.231. The summed E-state index contributed by atoms with van der Waals surface area (Å²) in [7, 11) is 0. The maximum Gasteiger partial charge on any atom is 0.224 e. The lowest BCUT2D eigenvalue weighted by atomic mass is 9.62. The van der Waals surface area contributed by atoms with E-state index in [2.05, 4.69) is 34.4 Å². The quantitative estimate of drug-likeness (QED) is 0.848. The molecule has 1 aromatic rings. The van der Waals surface area contributed by atoms with Crippen LogP contribution in [0.4, 0.5) is 5.95 Å². The van der Waals surface area contributed by atoms with Crippen molar-refractivity contribution >= 4 is 11.9 Å². The van der Waals surface area contributed by atoms with E-state index in [0.29, 0.717) is 24.3 Å². The van der Waals surface area contributed by atoms with Gasteiger partial charge in [0.15, 0.2) is 0 Å². The molecule has 0 atom stereocenters. The van der Waals surface area contributed by atoms with Crippen molar-refractivity contribution < 1.29 is 9.53 Å². The molecule has 6 heteroatoms. The largest absolute Gasteiger partial charge is 0.365 e. The smallest absolute Gasteiger partial charge is 0.224 e. The number of aromatic nitrogens is 2. The summed E-state index contributed by atoms with van der Waals surface area (Å²) in [6, 6.07) is 1.80. The molecule has 0 radical (unpaired) electrons. The Labute approximate surface area is 154 Å². The number of ether oxygens (including phenoxy) is 1. The molecule has 26 heavy (non-hydrogen) atoms. The molecule has 2 aliphatic heterocycles. The summed E-state index contributed by atoms with van der Waals surface area (Å²) in [5.41, 5.74) is -0.810. The number of hydrogen-bond acceptors (Lipinski definition) is 5. The number of carbonyl (C=O) groups excluding carboxylic acids is 1. The fourth-order valence-corrected chi connectivity index (χ4v) is 6.21. The molecular weight excluding hydrogens is 328 g/mol. The van der Waals surface area contributed by atoms with Crippen LogP contribution in [-0.4, -0.2) is 39.2 Å². The summed E-state index contributed by atoms with van der Waals surface area (Å²) in [6.45, 7) is 4.90. The normalized spacial score (nSPS) is 41.7. The zero-order chi connectivity index (χ0) is 18.0. The fraction of sp³-hybridized carbons (Fsp3) is 0.750. The third kappa shape index (κ3) is 2.30. The van der Waals surface area contributed by atoms with Crippen molar-refractivity contribution in [3.8, 4) is 0 Å². The number of nitrogens with zero attached hydrogens (tertiary/aromatic N) is 2. The predicted molar refractivity (Wildman–Crippen MR) is 97.5 cm³/mol. The van der Waals surface area contributed by atoms with Gasteiger partial charge in [0.25, 0.3) is 0 Å². The van der Waals surface area contributed by atoms with E-state index in [-0.39, 0.29) is 28.6 Å². The zero-order valence-corrected chi connectivity index (χ0v) is 15.6. The molecule has 0 spiro atoms. The summed E-state index contributed by atoms with van der Waals surface area (Å²) in [5.74, 6) is 2.37. The van der Waals surface area contributed by atoms with E-state index < -0.39 is 0 Å². The molecule has 3 saturated carbocycles. The monoisotopic (exact) mass is 356 g/mol. The molecule has 3 aliphatic carbocycles. The second-order valence-electron chi connectivity index (χ2n) is 9.35. The van der Waals surface area contributed by atoms with E-state index in [1.165, 1.54) is 25.7 Å². The van der Waals surface area contributed by atoms with E-state index >= 15 is 0 Å². The van der Waals surface area contributed by atoms with Crippen molar-refractivity contribution in [3.05, 3.63) is 18.5 Å². The molecule has 5 fully saturated rings. The minimum atomic E-state index is -0.348. The number of carbonyl (C=O) groups is 1. The molecule has 6 nitrogen and oxygen atoms in total. The lowest BCUT2D eigenvalue weighted by Gasteiger charge is -2.48. The van der Waals surface area contributed by atoms with Gasteiger partial charge in [0.05, 0.1) is 16.7 Å². The van der Waals surface area contributed by atoms with Crippen molar-refractivity contribution in [3.63, 3.8) is 0 Å². The van der Waals surface area contributed by atoms with Crippen LogP contribution in [0.15, 0.2) is 18.5 Å². The molecule has 2 N–H and O–H groups in total. The van der Waals surface area contributed by atoms with Gasteiger partial charge >= 0.3 is 0 Å². The highest BCUT2D eigenvalue weighted by molar-refractivity contribution is 5.81. The lowest BCUT2D eigenvalue weighted by Crippen LogP contribution is -2.66. The summed E-state index contributed by atoms with van der Waals surface area (Å²) in [5, 5.41) is 6.75. The number of amides is 1. The molecule has 5 aliphatic rings. The molecule has 0 aromatic carbocycles. The molecule has 3 heterocycles.